The zero-order valence-corrected chi connectivity index (χ0v) is 18.1. The maximum atomic E-state index is 14.1. The predicted molar refractivity (Wildman–Crippen MR) is 110 cm³/mol. The van der Waals surface area contributed by atoms with Crippen molar-refractivity contribution in [1.29, 1.82) is 0 Å². The second-order valence-electron chi connectivity index (χ2n) is 10.1. The molecule has 3 fully saturated rings. The number of halogens is 4. The van der Waals surface area contributed by atoms with E-state index < -0.39 is 29.3 Å². The topological polar surface area (TPSA) is 26.3 Å². The molecule has 3 aliphatic carbocycles. The van der Waals surface area contributed by atoms with Crippen LogP contribution in [0.4, 0.5) is 17.6 Å². The zero-order chi connectivity index (χ0) is 22.2. The Balaban J connectivity index is 1.39. The number of ether oxygens (including phenoxy) is 1. The van der Waals surface area contributed by atoms with Crippen LogP contribution in [0.3, 0.4) is 0 Å². The van der Waals surface area contributed by atoms with E-state index in [0.29, 0.717) is 18.4 Å². The van der Waals surface area contributed by atoms with Crippen molar-refractivity contribution in [3.63, 3.8) is 0 Å². The van der Waals surface area contributed by atoms with Crippen molar-refractivity contribution in [2.75, 3.05) is 0 Å². The Bertz CT molecular complexity index is 782. The molecular weight excluding hydrogens is 408 g/mol. The lowest BCUT2D eigenvalue weighted by Gasteiger charge is -2.45. The van der Waals surface area contributed by atoms with E-state index in [4.69, 9.17) is 4.74 Å². The SMILES string of the molecule is CC1CCC(C2CCC3C(CCCC3C(=O)Oc3ccc(C(F)(F)F)cc3F)C2)CC1. The fraction of sp³-hybridized carbons (Fsp3) is 0.720. The molecule has 0 amide bonds. The molecule has 4 rings (SSSR count). The van der Waals surface area contributed by atoms with E-state index >= 15 is 0 Å². The first-order chi connectivity index (χ1) is 14.7. The fourth-order valence-electron chi connectivity index (χ4n) is 6.42. The lowest BCUT2D eigenvalue weighted by Crippen LogP contribution is -2.40. The van der Waals surface area contributed by atoms with Crippen LogP contribution in [-0.4, -0.2) is 5.97 Å². The molecule has 0 aromatic heterocycles. The van der Waals surface area contributed by atoms with Crippen LogP contribution < -0.4 is 4.74 Å². The molecule has 0 spiro atoms. The molecule has 1 aromatic rings. The second kappa shape index (κ2) is 9.11. The van der Waals surface area contributed by atoms with Gasteiger partial charge in [0, 0.05) is 0 Å². The molecule has 6 heteroatoms. The molecule has 2 nitrogen and oxygen atoms in total. The normalized spacial score (nSPS) is 34.1. The van der Waals surface area contributed by atoms with Gasteiger partial charge in [-0.3, -0.25) is 4.79 Å². The van der Waals surface area contributed by atoms with E-state index in [2.05, 4.69) is 6.92 Å². The molecule has 0 saturated heterocycles. The lowest BCUT2D eigenvalue weighted by atomic mass is 9.59. The quantitative estimate of drug-likeness (QED) is 0.278. The summed E-state index contributed by atoms with van der Waals surface area (Å²) in [5, 5.41) is 0. The zero-order valence-electron chi connectivity index (χ0n) is 18.1. The number of hydrogen-bond donors (Lipinski definition) is 0. The van der Waals surface area contributed by atoms with E-state index in [9.17, 15) is 22.4 Å². The number of esters is 1. The highest BCUT2D eigenvalue weighted by molar-refractivity contribution is 5.75. The molecule has 1 aromatic carbocycles. The number of alkyl halides is 3. The van der Waals surface area contributed by atoms with Crippen LogP contribution in [0.5, 0.6) is 5.75 Å². The monoisotopic (exact) mass is 440 g/mol. The summed E-state index contributed by atoms with van der Waals surface area (Å²) < 4.78 is 57.7. The Morgan fingerprint density at radius 3 is 2.32 bits per heavy atom. The third-order valence-electron chi connectivity index (χ3n) is 8.19. The van der Waals surface area contributed by atoms with Crippen molar-refractivity contribution in [1.82, 2.24) is 0 Å². The van der Waals surface area contributed by atoms with Gasteiger partial charge in [0.15, 0.2) is 11.6 Å². The van der Waals surface area contributed by atoms with Gasteiger partial charge in [0.2, 0.25) is 0 Å². The average molecular weight is 441 g/mol. The number of rotatable bonds is 3. The maximum absolute atomic E-state index is 14.1. The van der Waals surface area contributed by atoms with E-state index in [-0.39, 0.29) is 11.8 Å². The molecule has 3 saturated carbocycles. The van der Waals surface area contributed by atoms with Crippen molar-refractivity contribution in [2.24, 2.45) is 35.5 Å². The second-order valence-corrected chi connectivity index (χ2v) is 10.1. The highest BCUT2D eigenvalue weighted by Gasteiger charge is 2.43. The molecule has 0 bridgehead atoms. The Kier molecular flexibility index (Phi) is 6.64. The van der Waals surface area contributed by atoms with E-state index in [1.165, 1.54) is 32.1 Å². The molecule has 0 heterocycles. The van der Waals surface area contributed by atoms with E-state index in [1.54, 1.807) is 0 Å². The number of hydrogen-bond acceptors (Lipinski definition) is 2. The fourth-order valence-corrected chi connectivity index (χ4v) is 6.42. The Morgan fingerprint density at radius 1 is 0.935 bits per heavy atom. The first-order valence-corrected chi connectivity index (χ1v) is 11.8. The summed E-state index contributed by atoms with van der Waals surface area (Å²) in [5.74, 6) is 0.815. The third-order valence-corrected chi connectivity index (χ3v) is 8.19. The molecular formula is C25H32F4O2. The summed E-state index contributed by atoms with van der Waals surface area (Å²) in [4.78, 5) is 12.9. The smallest absolute Gasteiger partial charge is 0.416 e. The van der Waals surface area contributed by atoms with Crippen molar-refractivity contribution >= 4 is 5.97 Å². The van der Waals surface area contributed by atoms with Gasteiger partial charge in [-0.1, -0.05) is 32.6 Å². The van der Waals surface area contributed by atoms with Crippen LogP contribution in [0.1, 0.15) is 76.7 Å². The highest BCUT2D eigenvalue weighted by atomic mass is 19.4. The van der Waals surface area contributed by atoms with Gasteiger partial charge in [0.25, 0.3) is 0 Å². The third kappa shape index (κ3) is 5.09. The standard InChI is InChI=1S/C25H32F4O2/c1-15-5-7-16(8-6-15)17-9-11-20-18(13-17)3-2-4-21(20)24(30)31-23-12-10-19(14-22(23)26)25(27,28)29/h10,12,14-18,20-21H,2-9,11,13H2,1H3. The van der Waals surface area contributed by atoms with Crippen molar-refractivity contribution < 1.29 is 27.1 Å². The molecule has 172 valence electrons. The molecule has 0 radical (unpaired) electrons. The molecule has 31 heavy (non-hydrogen) atoms. The van der Waals surface area contributed by atoms with Crippen LogP contribution in [-0.2, 0) is 11.0 Å². The largest absolute Gasteiger partial charge is 0.423 e. The summed E-state index contributed by atoms with van der Waals surface area (Å²) in [5.41, 5.74) is -1.09. The lowest BCUT2D eigenvalue weighted by molar-refractivity contribution is -0.144. The minimum Gasteiger partial charge on any atom is -0.423 e. The van der Waals surface area contributed by atoms with E-state index in [1.807, 2.05) is 0 Å². The summed E-state index contributed by atoms with van der Waals surface area (Å²) in [6.45, 7) is 2.34. The minimum absolute atomic E-state index is 0.248. The Labute approximate surface area is 181 Å². The van der Waals surface area contributed by atoms with Crippen molar-refractivity contribution in [3.05, 3.63) is 29.6 Å². The molecule has 3 aliphatic rings. The Morgan fingerprint density at radius 2 is 1.65 bits per heavy atom. The number of benzene rings is 1. The van der Waals surface area contributed by atoms with Crippen LogP contribution in [0.15, 0.2) is 18.2 Å². The summed E-state index contributed by atoms with van der Waals surface area (Å²) >= 11 is 0. The Hall–Kier alpha value is -1.59. The van der Waals surface area contributed by atoms with Gasteiger partial charge in [0.05, 0.1) is 11.5 Å². The molecule has 0 aliphatic heterocycles. The molecule has 4 unspecified atom stereocenters. The van der Waals surface area contributed by atoms with Gasteiger partial charge < -0.3 is 4.74 Å². The van der Waals surface area contributed by atoms with E-state index in [0.717, 1.165) is 55.6 Å². The summed E-state index contributed by atoms with van der Waals surface area (Å²) in [7, 11) is 0. The number of carbonyl (C=O) groups excluding carboxylic acids is 1. The van der Waals surface area contributed by atoms with Gasteiger partial charge >= 0.3 is 12.1 Å². The van der Waals surface area contributed by atoms with Crippen molar-refractivity contribution in [3.8, 4) is 5.75 Å². The van der Waals surface area contributed by atoms with Crippen LogP contribution in [0.25, 0.3) is 0 Å². The van der Waals surface area contributed by atoms with Gasteiger partial charge in [-0.25, -0.2) is 4.39 Å². The minimum atomic E-state index is -4.63. The van der Waals surface area contributed by atoms with Crippen LogP contribution in [0.2, 0.25) is 0 Å². The molecule has 0 N–H and O–H groups in total. The molecule has 4 atom stereocenters. The highest BCUT2D eigenvalue weighted by Crippen LogP contribution is 2.50. The maximum Gasteiger partial charge on any atom is 0.416 e. The first-order valence-electron chi connectivity index (χ1n) is 11.8. The van der Waals surface area contributed by atoms with Crippen LogP contribution >= 0.6 is 0 Å². The summed E-state index contributed by atoms with van der Waals surface area (Å²) in [6, 6.07) is 2.06. The van der Waals surface area contributed by atoms with Gasteiger partial charge in [-0.05, 0) is 86.3 Å². The van der Waals surface area contributed by atoms with Crippen molar-refractivity contribution in [2.45, 2.75) is 77.3 Å². The summed E-state index contributed by atoms with van der Waals surface area (Å²) in [6.07, 6.45) is 6.75. The number of fused-ring (bicyclic) bond motifs is 1. The first kappa shape index (κ1) is 22.6. The number of carbonyl (C=O) groups is 1. The van der Waals surface area contributed by atoms with Crippen LogP contribution in [0, 0.1) is 41.3 Å². The van der Waals surface area contributed by atoms with Gasteiger partial charge in [0.1, 0.15) is 0 Å². The predicted octanol–water partition coefficient (Wildman–Crippen LogP) is 7.41. The van der Waals surface area contributed by atoms with Gasteiger partial charge in [-0.15, -0.1) is 0 Å². The average Bonchev–Trinajstić information content (AvgIpc) is 2.74. The van der Waals surface area contributed by atoms with Gasteiger partial charge in [-0.2, -0.15) is 13.2 Å².